The zero-order valence-corrected chi connectivity index (χ0v) is 33.9. The molecule has 0 saturated carbocycles. The number of hydrogen-bond donors (Lipinski definition) is 0. The van der Waals surface area contributed by atoms with Gasteiger partial charge in [-0.2, -0.15) is 0 Å². The van der Waals surface area contributed by atoms with Gasteiger partial charge in [0.15, 0.2) is 0 Å². The highest BCUT2D eigenvalue weighted by atomic mass is 32.1. The maximum absolute atomic E-state index is 11.5. The van der Waals surface area contributed by atoms with Gasteiger partial charge in [-0.1, -0.05) is 109 Å². The van der Waals surface area contributed by atoms with Crippen LogP contribution in [0.15, 0.2) is 206 Å². The van der Waals surface area contributed by atoms with E-state index in [9.17, 15) is 9.59 Å². The molecule has 2 heterocycles. The Hall–Kier alpha value is -7.38. The topological polar surface area (TPSA) is 40.6 Å². The van der Waals surface area contributed by atoms with Crippen molar-refractivity contribution in [1.82, 2.24) is 0 Å². The Bertz CT molecular complexity index is 2890. The lowest BCUT2D eigenvalue weighted by atomic mass is 10.0. The number of anilines is 6. The van der Waals surface area contributed by atoms with Crippen molar-refractivity contribution in [3.05, 3.63) is 217 Å². The summed E-state index contributed by atoms with van der Waals surface area (Å²) >= 11 is 3.51. The molecule has 0 aliphatic heterocycles. The Morgan fingerprint density at radius 2 is 0.633 bits per heavy atom. The predicted octanol–water partition coefficient (Wildman–Crippen LogP) is 15.7. The molecule has 0 unspecified atom stereocenters. The summed E-state index contributed by atoms with van der Waals surface area (Å²) in [6.45, 7) is 0. The van der Waals surface area contributed by atoms with Crippen LogP contribution >= 0.6 is 22.7 Å². The first-order valence-electron chi connectivity index (χ1n) is 19.7. The van der Waals surface area contributed by atoms with Crippen LogP contribution in [0.25, 0.3) is 53.6 Å². The SMILES string of the molecule is O=Cc1ccc(N(c2ccc(-c3ccccc3)cc2)c2cc3ccc(-c4ccc5cc(N(c6ccc(C=O)cc6)c6ccc(-c7ccccc7)cc6)sc5c4)cc3s2)cc1. The minimum Gasteiger partial charge on any atom is -0.302 e. The van der Waals surface area contributed by atoms with Crippen molar-refractivity contribution in [2.45, 2.75) is 0 Å². The number of rotatable bonds is 11. The fourth-order valence-electron chi connectivity index (χ4n) is 7.69. The van der Waals surface area contributed by atoms with Gasteiger partial charge in [0.2, 0.25) is 0 Å². The second kappa shape index (κ2) is 16.1. The molecule has 60 heavy (non-hydrogen) atoms. The average Bonchev–Trinajstić information content (AvgIpc) is 3.94. The first-order chi connectivity index (χ1) is 29.6. The lowest BCUT2D eigenvalue weighted by Crippen LogP contribution is -2.08. The summed E-state index contributed by atoms with van der Waals surface area (Å²) < 4.78 is 2.38. The van der Waals surface area contributed by atoms with Crippen LogP contribution in [0.5, 0.6) is 0 Å². The van der Waals surface area contributed by atoms with Gasteiger partial charge in [0.05, 0.1) is 0 Å². The van der Waals surface area contributed by atoms with E-state index < -0.39 is 0 Å². The summed E-state index contributed by atoms with van der Waals surface area (Å²) in [5.74, 6) is 0. The molecule has 0 aliphatic carbocycles. The lowest BCUT2D eigenvalue weighted by molar-refractivity contribution is 0.111. The minimum atomic E-state index is 0.646. The van der Waals surface area contributed by atoms with E-state index in [0.29, 0.717) is 11.1 Å². The molecule has 8 aromatic carbocycles. The normalized spacial score (nSPS) is 11.1. The second-order valence-electron chi connectivity index (χ2n) is 14.6. The fraction of sp³-hybridized carbons (Fsp3) is 0. The van der Waals surface area contributed by atoms with Crippen molar-refractivity contribution in [1.29, 1.82) is 0 Å². The maximum atomic E-state index is 11.5. The summed E-state index contributed by atoms with van der Waals surface area (Å²) in [6.07, 6.45) is 1.76. The molecule has 10 aromatic rings. The van der Waals surface area contributed by atoms with E-state index in [0.717, 1.165) is 67.6 Å². The van der Waals surface area contributed by atoms with E-state index >= 15 is 0 Å². The van der Waals surface area contributed by atoms with E-state index in [4.69, 9.17) is 0 Å². The van der Waals surface area contributed by atoms with Crippen LogP contribution in [0.3, 0.4) is 0 Å². The molecule has 0 aliphatic rings. The van der Waals surface area contributed by atoms with Gasteiger partial charge in [-0.15, -0.1) is 22.7 Å². The van der Waals surface area contributed by atoms with Crippen molar-refractivity contribution in [2.24, 2.45) is 0 Å². The van der Waals surface area contributed by atoms with Gasteiger partial charge in [-0.3, -0.25) is 9.59 Å². The minimum absolute atomic E-state index is 0.646. The van der Waals surface area contributed by atoms with Gasteiger partial charge >= 0.3 is 0 Å². The van der Waals surface area contributed by atoms with Crippen LogP contribution in [0.1, 0.15) is 20.7 Å². The van der Waals surface area contributed by atoms with Crippen molar-refractivity contribution >= 4 is 88.2 Å². The van der Waals surface area contributed by atoms with E-state index in [1.807, 2.05) is 60.7 Å². The molecule has 0 spiro atoms. The molecule has 0 amide bonds. The van der Waals surface area contributed by atoms with E-state index in [1.54, 1.807) is 22.7 Å². The monoisotopic (exact) mass is 808 g/mol. The summed E-state index contributed by atoms with van der Waals surface area (Å²) in [6, 6.07) is 71.6. The molecule has 4 nitrogen and oxygen atoms in total. The Morgan fingerprint density at radius 3 is 0.983 bits per heavy atom. The van der Waals surface area contributed by atoms with E-state index in [1.165, 1.54) is 31.3 Å². The van der Waals surface area contributed by atoms with Gasteiger partial charge in [-0.25, -0.2) is 0 Å². The standard InChI is InChI=1S/C54H36N2O2S2/c57-35-37-11-23-47(24-12-37)55(49-27-19-41(20-28-49)39-7-3-1-4-8-39)53-33-45-17-15-43(31-51(45)59-53)44-16-18-46-34-54(60-52(46)32-44)56(48-25-13-38(36-58)14-26-48)50-29-21-42(22-30-50)40-9-5-2-6-10-40/h1-36H. The zero-order valence-electron chi connectivity index (χ0n) is 32.3. The second-order valence-corrected chi connectivity index (χ2v) is 16.7. The van der Waals surface area contributed by atoms with Gasteiger partial charge in [0.25, 0.3) is 0 Å². The van der Waals surface area contributed by atoms with E-state index in [-0.39, 0.29) is 0 Å². The number of nitrogens with zero attached hydrogens (tertiary/aromatic N) is 2. The number of hydrogen-bond acceptors (Lipinski definition) is 6. The first kappa shape index (κ1) is 36.9. The highest BCUT2D eigenvalue weighted by Crippen LogP contribution is 2.45. The van der Waals surface area contributed by atoms with Crippen molar-refractivity contribution in [3.8, 4) is 33.4 Å². The molecule has 6 heteroatoms. The number of carbonyl (C=O) groups excluding carboxylic acids is 2. The molecule has 10 rings (SSSR count). The van der Waals surface area contributed by atoms with Crippen LogP contribution in [0, 0.1) is 0 Å². The Balaban J connectivity index is 0.991. The van der Waals surface area contributed by atoms with Gasteiger partial charge in [0, 0.05) is 43.3 Å². The number of carbonyl (C=O) groups is 2. The third-order valence-corrected chi connectivity index (χ3v) is 13.0. The van der Waals surface area contributed by atoms with E-state index in [2.05, 4.69) is 155 Å². The van der Waals surface area contributed by atoms with Crippen LogP contribution in [-0.2, 0) is 0 Å². The summed E-state index contributed by atoms with van der Waals surface area (Å²) in [7, 11) is 0. The average molecular weight is 809 g/mol. The predicted molar refractivity (Wildman–Crippen MR) is 254 cm³/mol. The summed E-state index contributed by atoms with van der Waals surface area (Å²) in [5.41, 5.74) is 12.3. The van der Waals surface area contributed by atoms with Crippen LogP contribution in [-0.4, -0.2) is 12.6 Å². The Kier molecular flexibility index (Phi) is 9.91. The molecule has 0 N–H and O–H groups in total. The third-order valence-electron chi connectivity index (χ3n) is 10.8. The molecular formula is C54H36N2O2S2. The van der Waals surface area contributed by atoms with Crippen LogP contribution in [0.4, 0.5) is 32.8 Å². The highest BCUT2D eigenvalue weighted by Gasteiger charge is 2.19. The Labute approximate surface area is 356 Å². The number of thiophene rings is 2. The molecule has 0 atom stereocenters. The van der Waals surface area contributed by atoms with Crippen molar-refractivity contribution in [2.75, 3.05) is 9.80 Å². The maximum Gasteiger partial charge on any atom is 0.150 e. The molecule has 286 valence electrons. The largest absolute Gasteiger partial charge is 0.302 e. The van der Waals surface area contributed by atoms with Gasteiger partial charge in [0.1, 0.15) is 22.6 Å². The first-order valence-corrected chi connectivity index (χ1v) is 21.3. The van der Waals surface area contributed by atoms with Gasteiger partial charge in [-0.05, 0) is 141 Å². The Morgan fingerprint density at radius 1 is 0.317 bits per heavy atom. The van der Waals surface area contributed by atoms with Crippen molar-refractivity contribution in [3.63, 3.8) is 0 Å². The fourth-order valence-corrected chi connectivity index (χ4v) is 9.98. The highest BCUT2D eigenvalue weighted by molar-refractivity contribution is 7.23. The molecule has 0 saturated heterocycles. The number of fused-ring (bicyclic) bond motifs is 2. The molecular weight excluding hydrogens is 773 g/mol. The third kappa shape index (κ3) is 7.30. The quantitative estimate of drug-likeness (QED) is 0.122. The molecule has 2 aromatic heterocycles. The van der Waals surface area contributed by atoms with Crippen LogP contribution < -0.4 is 9.80 Å². The zero-order chi connectivity index (χ0) is 40.4. The number of benzene rings is 8. The van der Waals surface area contributed by atoms with Gasteiger partial charge < -0.3 is 9.80 Å². The lowest BCUT2D eigenvalue weighted by Gasteiger charge is -2.24. The van der Waals surface area contributed by atoms with Crippen LogP contribution in [0.2, 0.25) is 0 Å². The summed E-state index contributed by atoms with van der Waals surface area (Å²) in [4.78, 5) is 27.6. The molecule has 0 fully saturated rings. The summed E-state index contributed by atoms with van der Waals surface area (Å²) in [5, 5.41) is 4.51. The number of aldehydes is 2. The smallest absolute Gasteiger partial charge is 0.150 e. The molecule has 0 bridgehead atoms. The molecule has 0 radical (unpaired) electrons. The van der Waals surface area contributed by atoms with Crippen molar-refractivity contribution < 1.29 is 9.59 Å².